The number of aromatic nitrogens is 1. The predicted molar refractivity (Wildman–Crippen MR) is 147 cm³/mol. The SMILES string of the molecule is CCCCCCCCCC(CCOC(OC)C(C)OCCOCC[n+]1ccccc1)C1CCCCC1. The first-order chi connectivity index (χ1) is 17.7. The van der Waals surface area contributed by atoms with Gasteiger partial charge in [0.25, 0.3) is 0 Å². The monoisotopic (exact) mass is 506 g/mol. The third-order valence-electron chi connectivity index (χ3n) is 7.76. The van der Waals surface area contributed by atoms with E-state index < -0.39 is 0 Å². The Morgan fingerprint density at radius 3 is 2.22 bits per heavy atom. The van der Waals surface area contributed by atoms with Crippen LogP contribution in [-0.2, 0) is 25.5 Å². The number of hydrogen-bond acceptors (Lipinski definition) is 4. The molecule has 1 fully saturated rings. The first-order valence-electron chi connectivity index (χ1n) is 15.0. The van der Waals surface area contributed by atoms with Gasteiger partial charge in [-0.2, -0.15) is 0 Å². The minimum absolute atomic E-state index is 0.113. The lowest BCUT2D eigenvalue weighted by atomic mass is 9.76. The third-order valence-corrected chi connectivity index (χ3v) is 7.76. The summed E-state index contributed by atoms with van der Waals surface area (Å²) in [6, 6.07) is 6.08. The molecule has 0 bridgehead atoms. The summed E-state index contributed by atoms with van der Waals surface area (Å²) >= 11 is 0. The van der Waals surface area contributed by atoms with Crippen LogP contribution in [0.5, 0.6) is 0 Å². The van der Waals surface area contributed by atoms with Gasteiger partial charge in [-0.05, 0) is 25.2 Å². The van der Waals surface area contributed by atoms with Crippen LogP contribution in [0.2, 0.25) is 0 Å². The van der Waals surface area contributed by atoms with Crippen molar-refractivity contribution in [1.82, 2.24) is 0 Å². The van der Waals surface area contributed by atoms with E-state index in [9.17, 15) is 0 Å². The van der Waals surface area contributed by atoms with Crippen molar-refractivity contribution in [2.24, 2.45) is 11.8 Å². The number of rotatable bonds is 22. The van der Waals surface area contributed by atoms with Gasteiger partial charge >= 0.3 is 0 Å². The molecule has 3 atom stereocenters. The van der Waals surface area contributed by atoms with Gasteiger partial charge in [0.05, 0.1) is 19.8 Å². The van der Waals surface area contributed by atoms with E-state index in [1.165, 1.54) is 83.5 Å². The molecule has 0 N–H and O–H groups in total. The fourth-order valence-electron chi connectivity index (χ4n) is 5.54. The molecule has 0 radical (unpaired) electrons. The number of methoxy groups -OCH3 is 1. The summed E-state index contributed by atoms with van der Waals surface area (Å²) in [5, 5.41) is 0. The fraction of sp³-hybridized carbons (Fsp3) is 0.839. The second-order valence-corrected chi connectivity index (χ2v) is 10.6. The van der Waals surface area contributed by atoms with Crippen LogP contribution in [0.25, 0.3) is 0 Å². The molecule has 2 rings (SSSR count). The predicted octanol–water partition coefficient (Wildman–Crippen LogP) is 7.11. The van der Waals surface area contributed by atoms with E-state index in [-0.39, 0.29) is 12.4 Å². The van der Waals surface area contributed by atoms with Gasteiger partial charge in [0.15, 0.2) is 25.2 Å². The maximum atomic E-state index is 6.19. The molecule has 208 valence electrons. The highest BCUT2D eigenvalue weighted by atomic mass is 16.7. The highest BCUT2D eigenvalue weighted by Crippen LogP contribution is 2.35. The fourth-order valence-corrected chi connectivity index (χ4v) is 5.54. The lowest BCUT2D eigenvalue weighted by Gasteiger charge is -2.31. The van der Waals surface area contributed by atoms with Gasteiger partial charge < -0.3 is 18.9 Å². The van der Waals surface area contributed by atoms with Crippen LogP contribution in [0.15, 0.2) is 30.6 Å². The molecule has 0 spiro atoms. The Balaban J connectivity index is 1.61. The van der Waals surface area contributed by atoms with Crippen molar-refractivity contribution in [1.29, 1.82) is 0 Å². The van der Waals surface area contributed by atoms with Gasteiger partial charge in [-0.15, -0.1) is 0 Å². The average molecular weight is 507 g/mol. The summed E-state index contributed by atoms with van der Waals surface area (Å²) in [6.45, 7) is 7.74. The van der Waals surface area contributed by atoms with Crippen LogP contribution in [0.3, 0.4) is 0 Å². The van der Waals surface area contributed by atoms with Crippen molar-refractivity contribution in [2.45, 2.75) is 123 Å². The molecule has 36 heavy (non-hydrogen) atoms. The maximum Gasteiger partial charge on any atom is 0.183 e. The molecule has 0 amide bonds. The Kier molecular flexibility index (Phi) is 18.2. The molecular weight excluding hydrogens is 450 g/mol. The molecule has 0 aromatic carbocycles. The van der Waals surface area contributed by atoms with Gasteiger partial charge in [-0.3, -0.25) is 0 Å². The highest BCUT2D eigenvalue weighted by Gasteiger charge is 2.24. The van der Waals surface area contributed by atoms with Crippen LogP contribution < -0.4 is 4.57 Å². The zero-order valence-corrected chi connectivity index (χ0v) is 23.7. The zero-order chi connectivity index (χ0) is 25.7. The molecule has 5 nitrogen and oxygen atoms in total. The van der Waals surface area contributed by atoms with Crippen molar-refractivity contribution in [2.75, 3.05) is 33.5 Å². The normalized spacial score (nSPS) is 17.2. The van der Waals surface area contributed by atoms with Crippen molar-refractivity contribution >= 4 is 0 Å². The van der Waals surface area contributed by atoms with Gasteiger partial charge in [0, 0.05) is 19.2 Å². The lowest BCUT2D eigenvalue weighted by Crippen LogP contribution is -2.35. The number of pyridine rings is 1. The van der Waals surface area contributed by atoms with Gasteiger partial charge in [0.1, 0.15) is 12.7 Å². The Morgan fingerprint density at radius 2 is 1.50 bits per heavy atom. The summed E-state index contributed by atoms with van der Waals surface area (Å²) in [5.41, 5.74) is 0. The summed E-state index contributed by atoms with van der Waals surface area (Å²) in [4.78, 5) is 0. The number of hydrogen-bond donors (Lipinski definition) is 0. The Morgan fingerprint density at radius 1 is 0.778 bits per heavy atom. The van der Waals surface area contributed by atoms with Crippen molar-refractivity contribution < 1.29 is 23.5 Å². The van der Waals surface area contributed by atoms with Crippen LogP contribution in [0, 0.1) is 11.8 Å². The van der Waals surface area contributed by atoms with Crippen LogP contribution in [-0.4, -0.2) is 45.9 Å². The molecule has 3 unspecified atom stereocenters. The van der Waals surface area contributed by atoms with E-state index in [4.69, 9.17) is 18.9 Å². The summed E-state index contributed by atoms with van der Waals surface area (Å²) in [7, 11) is 1.72. The quantitative estimate of drug-likeness (QED) is 0.0954. The van der Waals surface area contributed by atoms with Crippen molar-refractivity contribution in [3.63, 3.8) is 0 Å². The Hall–Kier alpha value is -1.01. The topological polar surface area (TPSA) is 40.8 Å². The second kappa shape index (κ2) is 21.0. The number of unbranched alkanes of at least 4 members (excludes halogenated alkanes) is 6. The molecule has 0 aliphatic heterocycles. The molecule has 1 saturated carbocycles. The van der Waals surface area contributed by atoms with E-state index in [1.54, 1.807) is 7.11 Å². The number of nitrogens with zero attached hydrogens (tertiary/aromatic N) is 1. The first-order valence-corrected chi connectivity index (χ1v) is 15.0. The van der Waals surface area contributed by atoms with E-state index in [0.29, 0.717) is 19.8 Å². The molecule has 1 aromatic heterocycles. The maximum absolute atomic E-state index is 6.19. The van der Waals surface area contributed by atoms with Crippen LogP contribution in [0.4, 0.5) is 0 Å². The van der Waals surface area contributed by atoms with Gasteiger partial charge in [0.2, 0.25) is 0 Å². The summed E-state index contributed by atoms with van der Waals surface area (Å²) < 4.78 is 25.6. The Labute approximate surface area is 222 Å². The lowest BCUT2D eigenvalue weighted by molar-refractivity contribution is -0.698. The molecular formula is C31H56NO4+. The van der Waals surface area contributed by atoms with E-state index in [0.717, 1.165) is 31.4 Å². The average Bonchev–Trinajstić information content (AvgIpc) is 2.92. The third kappa shape index (κ3) is 14.1. The molecule has 5 heteroatoms. The van der Waals surface area contributed by atoms with Crippen molar-refractivity contribution in [3.05, 3.63) is 30.6 Å². The minimum atomic E-state index is -0.324. The van der Waals surface area contributed by atoms with Crippen LogP contribution >= 0.6 is 0 Å². The Bertz CT molecular complexity index is 608. The van der Waals surface area contributed by atoms with Crippen molar-refractivity contribution in [3.8, 4) is 0 Å². The largest absolute Gasteiger partial charge is 0.372 e. The second-order valence-electron chi connectivity index (χ2n) is 10.6. The van der Waals surface area contributed by atoms with Crippen LogP contribution in [0.1, 0.15) is 104 Å². The highest BCUT2D eigenvalue weighted by molar-refractivity contribution is 4.83. The van der Waals surface area contributed by atoms with Gasteiger partial charge in [-0.25, -0.2) is 4.57 Å². The van der Waals surface area contributed by atoms with E-state index in [1.807, 2.05) is 25.1 Å². The number of ether oxygens (including phenoxy) is 4. The molecule has 1 heterocycles. The molecule has 1 aliphatic carbocycles. The minimum Gasteiger partial charge on any atom is -0.372 e. The van der Waals surface area contributed by atoms with Gasteiger partial charge in [-0.1, -0.05) is 96.5 Å². The smallest absolute Gasteiger partial charge is 0.183 e. The van der Waals surface area contributed by atoms with E-state index in [2.05, 4.69) is 23.9 Å². The molecule has 1 aromatic rings. The summed E-state index contributed by atoms with van der Waals surface area (Å²) in [6.07, 6.45) is 23.0. The molecule has 1 aliphatic rings. The van der Waals surface area contributed by atoms with E-state index >= 15 is 0 Å². The molecule has 0 saturated heterocycles. The zero-order valence-electron chi connectivity index (χ0n) is 23.7. The first kappa shape index (κ1) is 31.2. The standard InChI is InChI=1S/C31H56NO4/c1-4-5-6-7-8-9-12-19-30(29-17-13-10-14-18-29)20-24-36-31(33-3)28(2)35-27-26-34-25-23-32-21-15-11-16-22-32/h11,15-16,21-22,28-31H,4-10,12-14,17-20,23-27H2,1-3H3/q+1. The summed E-state index contributed by atoms with van der Waals surface area (Å²) in [5.74, 6) is 1.69.